The third kappa shape index (κ3) is 2.62. The van der Waals surface area contributed by atoms with Crippen LogP contribution in [-0.4, -0.2) is 18.9 Å². The van der Waals surface area contributed by atoms with Gasteiger partial charge in [-0.15, -0.1) is 0 Å². The number of para-hydroxylation sites is 1. The van der Waals surface area contributed by atoms with Gasteiger partial charge in [-0.25, -0.2) is 4.90 Å². The summed E-state index contributed by atoms with van der Waals surface area (Å²) < 4.78 is 5.08. The van der Waals surface area contributed by atoms with E-state index in [9.17, 15) is 9.59 Å². The number of carbonyl (C=O) groups excluding carboxylic acids is 2. The molecule has 0 aliphatic carbocycles. The predicted molar refractivity (Wildman–Crippen MR) is 86.8 cm³/mol. The molecule has 0 saturated heterocycles. The Morgan fingerprint density at radius 3 is 2.22 bits per heavy atom. The molecule has 1 aliphatic rings. The molecule has 0 fully saturated rings. The molecular weight excluding hydrogens is 294 g/mol. The largest absolute Gasteiger partial charge is 0.497 e. The predicted octanol–water partition coefficient (Wildman–Crippen LogP) is 1.85. The highest BCUT2D eigenvalue weighted by atomic mass is 16.5. The van der Waals surface area contributed by atoms with Gasteiger partial charge in [0.25, 0.3) is 11.8 Å². The average molecular weight is 309 g/mol. The Balaban J connectivity index is 1.87. The van der Waals surface area contributed by atoms with Crippen molar-refractivity contribution in [3.8, 4) is 5.75 Å². The first-order valence-corrected chi connectivity index (χ1v) is 6.96. The van der Waals surface area contributed by atoms with Crippen LogP contribution in [0.3, 0.4) is 0 Å². The van der Waals surface area contributed by atoms with Crippen molar-refractivity contribution in [2.45, 2.75) is 0 Å². The van der Waals surface area contributed by atoms with Gasteiger partial charge in [0.1, 0.15) is 17.1 Å². The second-order valence-electron chi connectivity index (χ2n) is 4.92. The Labute approximate surface area is 133 Å². The standard InChI is InChI=1S/C17H15N3O3/c1-23-13-9-7-11(8-10-13)19-15-14(18)16(21)20(17(15)22)12-5-3-2-4-6-12/h2-10,19H,18H2,1H3. The van der Waals surface area contributed by atoms with Crippen LogP contribution in [0.15, 0.2) is 66.0 Å². The van der Waals surface area contributed by atoms with Crippen LogP contribution < -0.4 is 20.7 Å². The average Bonchev–Trinajstić information content (AvgIpc) is 2.80. The van der Waals surface area contributed by atoms with E-state index >= 15 is 0 Å². The fourth-order valence-electron chi connectivity index (χ4n) is 2.30. The molecule has 2 aromatic carbocycles. The van der Waals surface area contributed by atoms with Crippen molar-refractivity contribution in [1.29, 1.82) is 0 Å². The minimum atomic E-state index is -0.530. The van der Waals surface area contributed by atoms with Crippen LogP contribution in [0.2, 0.25) is 0 Å². The summed E-state index contributed by atoms with van der Waals surface area (Å²) >= 11 is 0. The summed E-state index contributed by atoms with van der Waals surface area (Å²) in [4.78, 5) is 25.9. The molecule has 0 bridgehead atoms. The molecule has 6 heteroatoms. The van der Waals surface area contributed by atoms with Crippen LogP contribution in [-0.2, 0) is 9.59 Å². The second-order valence-corrected chi connectivity index (χ2v) is 4.92. The summed E-state index contributed by atoms with van der Waals surface area (Å²) in [6.45, 7) is 0. The molecule has 3 rings (SSSR count). The van der Waals surface area contributed by atoms with E-state index in [2.05, 4.69) is 5.32 Å². The Bertz CT molecular complexity index is 782. The van der Waals surface area contributed by atoms with Crippen molar-refractivity contribution >= 4 is 23.2 Å². The molecule has 0 radical (unpaired) electrons. The third-order valence-corrected chi connectivity index (χ3v) is 3.49. The van der Waals surface area contributed by atoms with Crippen molar-refractivity contribution in [3.05, 3.63) is 66.0 Å². The molecule has 1 aliphatic heterocycles. The molecule has 0 spiro atoms. The Morgan fingerprint density at radius 1 is 0.957 bits per heavy atom. The van der Waals surface area contributed by atoms with Gasteiger partial charge in [0, 0.05) is 5.69 Å². The van der Waals surface area contributed by atoms with Gasteiger partial charge in [0.05, 0.1) is 12.8 Å². The maximum atomic E-state index is 12.5. The number of imide groups is 1. The molecule has 3 N–H and O–H groups in total. The van der Waals surface area contributed by atoms with E-state index in [1.54, 1.807) is 55.6 Å². The lowest BCUT2D eigenvalue weighted by Gasteiger charge is -2.14. The number of rotatable bonds is 4. The lowest BCUT2D eigenvalue weighted by atomic mass is 10.2. The Morgan fingerprint density at radius 2 is 1.61 bits per heavy atom. The van der Waals surface area contributed by atoms with E-state index < -0.39 is 11.8 Å². The van der Waals surface area contributed by atoms with E-state index in [1.807, 2.05) is 6.07 Å². The molecule has 6 nitrogen and oxygen atoms in total. The quantitative estimate of drug-likeness (QED) is 0.842. The number of amides is 2. The smallest absolute Gasteiger partial charge is 0.284 e. The van der Waals surface area contributed by atoms with E-state index in [-0.39, 0.29) is 11.4 Å². The molecule has 116 valence electrons. The van der Waals surface area contributed by atoms with Crippen molar-refractivity contribution < 1.29 is 14.3 Å². The molecular formula is C17H15N3O3. The van der Waals surface area contributed by atoms with Gasteiger partial charge in [-0.2, -0.15) is 0 Å². The highest BCUT2D eigenvalue weighted by molar-refractivity contribution is 6.33. The lowest BCUT2D eigenvalue weighted by Crippen LogP contribution is -2.33. The van der Waals surface area contributed by atoms with Gasteiger partial charge in [-0.05, 0) is 36.4 Å². The molecule has 2 aromatic rings. The van der Waals surface area contributed by atoms with Crippen LogP contribution in [0.1, 0.15) is 0 Å². The second kappa shape index (κ2) is 5.84. The number of anilines is 2. The van der Waals surface area contributed by atoms with Crippen LogP contribution >= 0.6 is 0 Å². The van der Waals surface area contributed by atoms with Crippen LogP contribution in [0.5, 0.6) is 5.75 Å². The number of hydrogen-bond donors (Lipinski definition) is 2. The molecule has 23 heavy (non-hydrogen) atoms. The number of carbonyl (C=O) groups is 2. The molecule has 0 unspecified atom stereocenters. The monoisotopic (exact) mass is 309 g/mol. The first-order valence-electron chi connectivity index (χ1n) is 6.96. The van der Waals surface area contributed by atoms with Gasteiger partial charge in [-0.3, -0.25) is 9.59 Å². The normalized spacial score (nSPS) is 14.4. The highest BCUT2D eigenvalue weighted by Crippen LogP contribution is 2.26. The summed E-state index contributed by atoms with van der Waals surface area (Å²) in [7, 11) is 1.57. The number of ether oxygens (including phenoxy) is 1. The van der Waals surface area contributed by atoms with E-state index in [0.29, 0.717) is 17.1 Å². The van der Waals surface area contributed by atoms with Gasteiger partial charge in [0.15, 0.2) is 0 Å². The fourth-order valence-corrected chi connectivity index (χ4v) is 2.30. The van der Waals surface area contributed by atoms with Gasteiger partial charge in [0.2, 0.25) is 0 Å². The minimum absolute atomic E-state index is 0.0732. The van der Waals surface area contributed by atoms with Crippen molar-refractivity contribution in [2.24, 2.45) is 5.73 Å². The number of hydrogen-bond acceptors (Lipinski definition) is 5. The molecule has 0 atom stereocenters. The summed E-state index contributed by atoms with van der Waals surface area (Å²) in [5.41, 5.74) is 6.92. The molecule has 1 heterocycles. The SMILES string of the molecule is COc1ccc(NC2=C(N)C(=O)N(c3ccccc3)C2=O)cc1. The van der Waals surface area contributed by atoms with E-state index in [1.165, 1.54) is 0 Å². The number of benzene rings is 2. The zero-order valence-electron chi connectivity index (χ0n) is 12.4. The maximum absolute atomic E-state index is 12.5. The summed E-state index contributed by atoms with van der Waals surface area (Å²) in [6, 6.07) is 15.6. The molecule has 0 aromatic heterocycles. The first-order chi connectivity index (χ1) is 11.1. The zero-order valence-corrected chi connectivity index (χ0v) is 12.4. The number of nitrogens with one attached hydrogen (secondary N) is 1. The van der Waals surface area contributed by atoms with Gasteiger partial charge in [-0.1, -0.05) is 18.2 Å². The Kier molecular flexibility index (Phi) is 3.72. The first kappa shape index (κ1) is 14.6. The third-order valence-electron chi connectivity index (χ3n) is 3.49. The fraction of sp³-hybridized carbons (Fsp3) is 0.0588. The maximum Gasteiger partial charge on any atom is 0.284 e. The number of nitrogens with two attached hydrogens (primary N) is 1. The minimum Gasteiger partial charge on any atom is -0.497 e. The van der Waals surface area contributed by atoms with Crippen molar-refractivity contribution in [2.75, 3.05) is 17.3 Å². The summed E-state index contributed by atoms with van der Waals surface area (Å²) in [5, 5.41) is 2.91. The summed E-state index contributed by atoms with van der Waals surface area (Å²) in [6.07, 6.45) is 0. The van der Waals surface area contributed by atoms with Crippen molar-refractivity contribution in [1.82, 2.24) is 0 Å². The molecule has 2 amide bonds. The highest BCUT2D eigenvalue weighted by Gasteiger charge is 2.38. The van der Waals surface area contributed by atoms with Crippen LogP contribution in [0, 0.1) is 0 Å². The van der Waals surface area contributed by atoms with Crippen molar-refractivity contribution in [3.63, 3.8) is 0 Å². The van der Waals surface area contributed by atoms with Gasteiger partial charge >= 0.3 is 0 Å². The molecule has 0 saturated carbocycles. The number of methoxy groups -OCH3 is 1. The lowest BCUT2D eigenvalue weighted by molar-refractivity contribution is -0.120. The van der Waals surface area contributed by atoms with E-state index in [0.717, 1.165) is 4.90 Å². The number of nitrogens with zero attached hydrogens (tertiary/aromatic N) is 1. The summed E-state index contributed by atoms with van der Waals surface area (Å²) in [5.74, 6) is -0.316. The topological polar surface area (TPSA) is 84.7 Å². The zero-order chi connectivity index (χ0) is 16.4. The van der Waals surface area contributed by atoms with Gasteiger partial charge < -0.3 is 15.8 Å². The van der Waals surface area contributed by atoms with Crippen LogP contribution in [0.4, 0.5) is 11.4 Å². The van der Waals surface area contributed by atoms with Crippen LogP contribution in [0.25, 0.3) is 0 Å². The Hall–Kier alpha value is -3.28. The van der Waals surface area contributed by atoms with E-state index in [4.69, 9.17) is 10.5 Å².